The van der Waals surface area contributed by atoms with Crippen LogP contribution in [0.1, 0.15) is 52.1 Å². The van der Waals surface area contributed by atoms with Crippen molar-refractivity contribution in [2.45, 2.75) is 39.6 Å². The lowest BCUT2D eigenvalue weighted by Crippen LogP contribution is -2.15. The van der Waals surface area contributed by atoms with Crippen LogP contribution in [-0.4, -0.2) is 18.2 Å². The summed E-state index contributed by atoms with van der Waals surface area (Å²) in [5, 5.41) is 10.7. The predicted octanol–water partition coefficient (Wildman–Crippen LogP) is 6.04. The van der Waals surface area contributed by atoms with Crippen molar-refractivity contribution in [3.8, 4) is 23.0 Å². The number of aliphatic hydroxyl groups excluding tert-OH is 1. The van der Waals surface area contributed by atoms with Gasteiger partial charge in [-0.25, -0.2) is 4.79 Å². The first kappa shape index (κ1) is 23.4. The minimum absolute atomic E-state index is 0.0126. The number of ether oxygens (including phenoxy) is 4. The normalized spacial score (nSPS) is 13.4. The molecule has 3 aromatic carbocycles. The molecule has 34 heavy (non-hydrogen) atoms. The van der Waals surface area contributed by atoms with Crippen molar-refractivity contribution < 1.29 is 28.8 Å². The van der Waals surface area contributed by atoms with E-state index in [1.54, 1.807) is 12.1 Å². The fraction of sp³-hybridized carbons (Fsp3) is 0.250. The summed E-state index contributed by atoms with van der Waals surface area (Å²) in [6.45, 7) is 8.01. The lowest BCUT2D eigenvalue weighted by Gasteiger charge is -2.24. The van der Waals surface area contributed by atoms with Crippen molar-refractivity contribution in [2.75, 3.05) is 7.11 Å². The van der Waals surface area contributed by atoms with Crippen molar-refractivity contribution >= 4 is 5.97 Å². The Labute approximate surface area is 199 Å². The number of hydrogen-bond donors (Lipinski definition) is 1. The number of hydrogen-bond acceptors (Lipinski definition) is 6. The zero-order valence-corrected chi connectivity index (χ0v) is 19.6. The molecule has 1 N–H and O–H groups in total. The quantitative estimate of drug-likeness (QED) is 0.342. The Bertz CT molecular complexity index is 1220. The molecule has 1 atom stereocenters. The highest BCUT2D eigenvalue weighted by molar-refractivity contribution is 5.96. The standard InChI is InChI=1S/C28H28O6/c1-17(2)12-22(29)21-10-11-23-25(27(21)31-4)28(30)33-16-20-13-18(3)14-24(26(20)34-23)32-15-19-8-6-5-7-9-19/h5-11,13-14,22,29H,1,12,15-16H2,2-4H3/t22-/m0/s1. The van der Waals surface area contributed by atoms with Gasteiger partial charge < -0.3 is 24.1 Å². The first-order valence-corrected chi connectivity index (χ1v) is 11.1. The number of esters is 1. The van der Waals surface area contributed by atoms with Crippen LogP contribution >= 0.6 is 0 Å². The van der Waals surface area contributed by atoms with Crippen molar-refractivity contribution in [1.82, 2.24) is 0 Å². The highest BCUT2D eigenvalue weighted by Crippen LogP contribution is 2.44. The Kier molecular flexibility index (Phi) is 6.89. The van der Waals surface area contributed by atoms with E-state index in [0.717, 1.165) is 16.7 Å². The molecule has 0 aromatic heterocycles. The van der Waals surface area contributed by atoms with Gasteiger partial charge in [-0.1, -0.05) is 35.9 Å². The van der Waals surface area contributed by atoms with Crippen molar-refractivity contribution in [3.63, 3.8) is 0 Å². The molecular formula is C28H28O6. The first-order valence-electron chi connectivity index (χ1n) is 11.1. The summed E-state index contributed by atoms with van der Waals surface area (Å²) in [5.74, 6) is 0.928. The maximum Gasteiger partial charge on any atom is 0.346 e. The SMILES string of the molecule is C=C(C)C[C@H](O)c1ccc2c(c1OC)C(=O)OCc1cc(C)cc(OCc3ccccc3)c1O2. The number of methoxy groups -OCH3 is 1. The van der Waals surface area contributed by atoms with Gasteiger partial charge in [-0.2, -0.15) is 0 Å². The molecule has 1 heterocycles. The molecule has 3 aromatic rings. The number of aliphatic hydroxyl groups is 1. The minimum atomic E-state index is -0.879. The van der Waals surface area contributed by atoms with Crippen LogP contribution in [0.2, 0.25) is 0 Å². The maximum atomic E-state index is 13.0. The number of carbonyl (C=O) groups excluding carboxylic acids is 1. The van der Waals surface area contributed by atoms with E-state index >= 15 is 0 Å². The minimum Gasteiger partial charge on any atom is -0.495 e. The monoisotopic (exact) mass is 460 g/mol. The van der Waals surface area contributed by atoms with E-state index in [1.807, 2.05) is 56.3 Å². The van der Waals surface area contributed by atoms with Gasteiger partial charge in [-0.15, -0.1) is 6.58 Å². The Hall–Kier alpha value is -3.77. The highest BCUT2D eigenvalue weighted by Gasteiger charge is 2.30. The number of carbonyl (C=O) groups is 1. The summed E-state index contributed by atoms with van der Waals surface area (Å²) in [7, 11) is 1.45. The van der Waals surface area contributed by atoms with Gasteiger partial charge in [-0.3, -0.25) is 0 Å². The average Bonchev–Trinajstić information content (AvgIpc) is 2.81. The molecule has 0 aliphatic carbocycles. The van der Waals surface area contributed by atoms with E-state index in [1.165, 1.54) is 7.11 Å². The van der Waals surface area contributed by atoms with Crippen LogP contribution in [0.4, 0.5) is 0 Å². The molecule has 6 heteroatoms. The topological polar surface area (TPSA) is 74.2 Å². The smallest absolute Gasteiger partial charge is 0.346 e. The number of rotatable bonds is 7. The number of cyclic esters (lactones) is 1. The third-order valence-corrected chi connectivity index (χ3v) is 5.54. The Morgan fingerprint density at radius 2 is 1.94 bits per heavy atom. The van der Waals surface area contributed by atoms with Gasteiger partial charge in [0, 0.05) is 11.1 Å². The highest BCUT2D eigenvalue weighted by atomic mass is 16.6. The summed E-state index contributed by atoms with van der Waals surface area (Å²) < 4.78 is 23.6. The van der Waals surface area contributed by atoms with E-state index in [9.17, 15) is 9.90 Å². The van der Waals surface area contributed by atoms with Gasteiger partial charge in [0.05, 0.1) is 13.2 Å². The van der Waals surface area contributed by atoms with E-state index in [2.05, 4.69) is 6.58 Å². The number of benzene rings is 3. The molecule has 4 rings (SSSR count). The summed E-state index contributed by atoms with van der Waals surface area (Å²) in [6, 6.07) is 17.0. The molecule has 0 unspecified atom stereocenters. The first-order chi connectivity index (χ1) is 16.4. The summed E-state index contributed by atoms with van der Waals surface area (Å²) in [4.78, 5) is 13.0. The fourth-order valence-electron chi connectivity index (χ4n) is 3.99. The Balaban J connectivity index is 1.75. The average molecular weight is 461 g/mol. The van der Waals surface area contributed by atoms with E-state index in [-0.39, 0.29) is 23.7 Å². The third kappa shape index (κ3) is 4.92. The molecule has 1 aliphatic rings. The van der Waals surface area contributed by atoms with Crippen molar-refractivity contribution in [3.05, 3.63) is 94.6 Å². The van der Waals surface area contributed by atoms with Gasteiger partial charge in [0.25, 0.3) is 0 Å². The maximum absolute atomic E-state index is 13.0. The zero-order valence-electron chi connectivity index (χ0n) is 19.6. The molecule has 0 saturated carbocycles. The van der Waals surface area contributed by atoms with Crippen molar-refractivity contribution in [2.24, 2.45) is 0 Å². The molecule has 176 valence electrons. The largest absolute Gasteiger partial charge is 0.495 e. The molecule has 0 amide bonds. The van der Waals surface area contributed by atoms with Gasteiger partial charge in [0.15, 0.2) is 11.5 Å². The van der Waals surface area contributed by atoms with Crippen LogP contribution in [0.15, 0.2) is 66.7 Å². The predicted molar refractivity (Wildman–Crippen MR) is 129 cm³/mol. The summed E-state index contributed by atoms with van der Waals surface area (Å²) >= 11 is 0. The molecule has 0 radical (unpaired) electrons. The molecule has 1 aliphatic heterocycles. The zero-order chi connectivity index (χ0) is 24.2. The van der Waals surface area contributed by atoms with Crippen LogP contribution in [-0.2, 0) is 18.0 Å². The second-order valence-electron chi connectivity index (χ2n) is 8.44. The Morgan fingerprint density at radius 1 is 1.18 bits per heavy atom. The molecule has 0 saturated heterocycles. The van der Waals surface area contributed by atoms with Crippen LogP contribution < -0.4 is 14.2 Å². The van der Waals surface area contributed by atoms with Gasteiger partial charge in [-0.05, 0) is 55.7 Å². The Morgan fingerprint density at radius 3 is 2.65 bits per heavy atom. The van der Waals surface area contributed by atoms with E-state index in [0.29, 0.717) is 35.7 Å². The van der Waals surface area contributed by atoms with Gasteiger partial charge >= 0.3 is 5.97 Å². The molecule has 0 fully saturated rings. The summed E-state index contributed by atoms with van der Waals surface area (Å²) in [6.07, 6.45) is -0.541. The van der Waals surface area contributed by atoms with E-state index in [4.69, 9.17) is 18.9 Å². The second-order valence-corrected chi connectivity index (χ2v) is 8.44. The second kappa shape index (κ2) is 10.0. The van der Waals surface area contributed by atoms with Crippen molar-refractivity contribution in [1.29, 1.82) is 0 Å². The molecular weight excluding hydrogens is 432 g/mol. The summed E-state index contributed by atoms with van der Waals surface area (Å²) in [5.41, 5.74) is 4.08. The van der Waals surface area contributed by atoms with Gasteiger partial charge in [0.2, 0.25) is 0 Å². The number of aryl methyl sites for hydroxylation is 1. The molecule has 0 spiro atoms. The lowest BCUT2D eigenvalue weighted by molar-refractivity contribution is 0.0453. The van der Waals surface area contributed by atoms with E-state index < -0.39 is 12.1 Å². The molecule has 6 nitrogen and oxygen atoms in total. The van der Waals surface area contributed by atoms with Crippen LogP contribution in [0.5, 0.6) is 23.0 Å². The fourth-order valence-corrected chi connectivity index (χ4v) is 3.99. The van der Waals surface area contributed by atoms with Crippen LogP contribution in [0, 0.1) is 6.92 Å². The molecule has 0 bridgehead atoms. The third-order valence-electron chi connectivity index (χ3n) is 5.54. The van der Waals surface area contributed by atoms with Crippen LogP contribution in [0.3, 0.4) is 0 Å². The number of fused-ring (bicyclic) bond motifs is 2. The van der Waals surface area contributed by atoms with Gasteiger partial charge in [0.1, 0.15) is 30.3 Å². The van der Waals surface area contributed by atoms with Crippen LogP contribution in [0.25, 0.3) is 0 Å². The lowest BCUT2D eigenvalue weighted by atomic mass is 9.98.